The van der Waals surface area contributed by atoms with E-state index < -0.39 is 10.0 Å². The highest BCUT2D eigenvalue weighted by molar-refractivity contribution is 7.89. The Bertz CT molecular complexity index is 958. The number of sulfonamides is 1. The first-order chi connectivity index (χ1) is 11.6. The number of hydrogen-bond donors (Lipinski definition) is 0. The summed E-state index contributed by atoms with van der Waals surface area (Å²) in [6.07, 6.45) is 4.60. The van der Waals surface area contributed by atoms with Gasteiger partial charge < -0.3 is 9.32 Å². The molecule has 0 bridgehead atoms. The van der Waals surface area contributed by atoms with Crippen LogP contribution < -0.4 is 4.90 Å². The van der Waals surface area contributed by atoms with Crippen LogP contribution in [0.2, 0.25) is 0 Å². The average Bonchev–Trinajstić information content (AvgIpc) is 3.26. The van der Waals surface area contributed by atoms with E-state index in [9.17, 15) is 8.42 Å². The fraction of sp³-hybridized carbons (Fsp3) is 0.357. The van der Waals surface area contributed by atoms with Crippen molar-refractivity contribution >= 4 is 26.9 Å². The van der Waals surface area contributed by atoms with Crippen molar-refractivity contribution < 1.29 is 12.8 Å². The quantitative estimate of drug-likeness (QED) is 0.678. The van der Waals surface area contributed by atoms with Gasteiger partial charge in [-0.3, -0.25) is 4.68 Å². The second-order valence-electron chi connectivity index (χ2n) is 5.53. The standard InChI is InChI=1S/C14H16N6O3S/c1-18-13-11(9-17-18)14(16-10-15-13)19-4-6-20(7-5-19)24(21,22)12-3-2-8-23-12/h2-3,8-10H,4-7H2,1H3. The third-order valence-corrected chi connectivity index (χ3v) is 5.92. The minimum absolute atomic E-state index is 0.0207. The molecular weight excluding hydrogens is 332 g/mol. The first kappa shape index (κ1) is 15.1. The highest BCUT2D eigenvalue weighted by Gasteiger charge is 2.31. The number of nitrogens with zero attached hydrogens (tertiary/aromatic N) is 6. The molecule has 0 saturated carbocycles. The molecule has 0 unspecified atom stereocenters. The lowest BCUT2D eigenvalue weighted by Gasteiger charge is -2.34. The van der Waals surface area contributed by atoms with Crippen molar-refractivity contribution in [1.29, 1.82) is 0 Å². The molecule has 4 heterocycles. The number of fused-ring (bicyclic) bond motifs is 1. The summed E-state index contributed by atoms with van der Waals surface area (Å²) in [6.45, 7) is 1.82. The molecule has 0 N–H and O–H groups in total. The Hall–Kier alpha value is -2.46. The van der Waals surface area contributed by atoms with E-state index in [0.29, 0.717) is 26.2 Å². The maximum Gasteiger partial charge on any atom is 0.276 e. The third kappa shape index (κ3) is 2.34. The molecule has 0 atom stereocenters. The molecule has 9 nitrogen and oxygen atoms in total. The van der Waals surface area contributed by atoms with Gasteiger partial charge in [0.25, 0.3) is 10.0 Å². The zero-order chi connectivity index (χ0) is 16.7. The minimum Gasteiger partial charge on any atom is -0.452 e. The van der Waals surface area contributed by atoms with E-state index in [0.717, 1.165) is 16.9 Å². The smallest absolute Gasteiger partial charge is 0.276 e. The van der Waals surface area contributed by atoms with Gasteiger partial charge in [0.15, 0.2) is 5.65 Å². The molecule has 4 rings (SSSR count). The van der Waals surface area contributed by atoms with Gasteiger partial charge in [0.2, 0.25) is 5.09 Å². The van der Waals surface area contributed by atoms with Gasteiger partial charge in [-0.1, -0.05) is 0 Å². The van der Waals surface area contributed by atoms with E-state index >= 15 is 0 Å². The zero-order valence-electron chi connectivity index (χ0n) is 13.0. The average molecular weight is 348 g/mol. The molecule has 0 radical (unpaired) electrons. The molecule has 0 aliphatic carbocycles. The van der Waals surface area contributed by atoms with Gasteiger partial charge in [-0.15, -0.1) is 0 Å². The molecule has 1 aliphatic rings. The van der Waals surface area contributed by atoms with E-state index in [1.165, 1.54) is 23.0 Å². The summed E-state index contributed by atoms with van der Waals surface area (Å²) in [4.78, 5) is 10.6. The molecule has 0 spiro atoms. The molecule has 0 amide bonds. The summed E-state index contributed by atoms with van der Waals surface area (Å²) in [7, 11) is -1.75. The second-order valence-corrected chi connectivity index (χ2v) is 7.39. The van der Waals surface area contributed by atoms with Gasteiger partial charge in [-0.25, -0.2) is 18.4 Å². The Morgan fingerprint density at radius 3 is 2.67 bits per heavy atom. The lowest BCUT2D eigenvalue weighted by Crippen LogP contribution is -2.48. The molecule has 1 aliphatic heterocycles. The van der Waals surface area contributed by atoms with Gasteiger partial charge in [0, 0.05) is 33.2 Å². The summed E-state index contributed by atoms with van der Waals surface area (Å²) >= 11 is 0. The molecule has 3 aromatic heterocycles. The van der Waals surface area contributed by atoms with Crippen molar-refractivity contribution in [3.63, 3.8) is 0 Å². The van der Waals surface area contributed by atoms with Crippen molar-refractivity contribution in [3.8, 4) is 0 Å². The van der Waals surface area contributed by atoms with Crippen molar-refractivity contribution in [2.75, 3.05) is 31.1 Å². The highest BCUT2D eigenvalue weighted by Crippen LogP contribution is 2.25. The fourth-order valence-electron chi connectivity index (χ4n) is 2.88. The molecule has 3 aromatic rings. The Balaban J connectivity index is 1.56. The van der Waals surface area contributed by atoms with Crippen LogP contribution in [0.25, 0.3) is 11.0 Å². The maximum absolute atomic E-state index is 12.5. The summed E-state index contributed by atoms with van der Waals surface area (Å²) in [5, 5.41) is 5.05. The van der Waals surface area contributed by atoms with E-state index in [1.54, 1.807) is 16.9 Å². The normalized spacial score (nSPS) is 16.8. The SMILES string of the molecule is Cn1ncc2c(N3CCN(S(=O)(=O)c4ccco4)CC3)ncnc21. The summed E-state index contributed by atoms with van der Waals surface area (Å²) in [6, 6.07) is 3.04. The predicted octanol–water partition coefficient (Wildman–Crippen LogP) is 0.467. The van der Waals surface area contributed by atoms with Crippen molar-refractivity contribution in [2.45, 2.75) is 5.09 Å². The molecule has 10 heteroatoms. The second kappa shape index (κ2) is 5.56. The molecule has 1 fully saturated rings. The first-order valence-corrected chi connectivity index (χ1v) is 8.93. The van der Waals surface area contributed by atoms with E-state index in [1.807, 2.05) is 7.05 Å². The largest absolute Gasteiger partial charge is 0.452 e. The van der Waals surface area contributed by atoms with Crippen molar-refractivity contribution in [3.05, 3.63) is 30.9 Å². The molecule has 24 heavy (non-hydrogen) atoms. The number of furan rings is 1. The molecule has 0 aromatic carbocycles. The Morgan fingerprint density at radius 2 is 1.96 bits per heavy atom. The number of piperazine rings is 1. The van der Waals surface area contributed by atoms with Crippen molar-refractivity contribution in [1.82, 2.24) is 24.1 Å². The van der Waals surface area contributed by atoms with Crippen LogP contribution in [0.1, 0.15) is 0 Å². The van der Waals surface area contributed by atoms with E-state index in [4.69, 9.17) is 4.42 Å². The van der Waals surface area contributed by atoms with Gasteiger partial charge in [0.05, 0.1) is 17.8 Å². The zero-order valence-corrected chi connectivity index (χ0v) is 13.8. The van der Waals surface area contributed by atoms with Crippen molar-refractivity contribution in [2.24, 2.45) is 7.05 Å². The maximum atomic E-state index is 12.5. The summed E-state index contributed by atoms with van der Waals surface area (Å²) < 4.78 is 33.1. The molecular formula is C14H16N6O3S. The number of rotatable bonds is 3. The van der Waals surface area contributed by atoms with Crippen LogP contribution in [0.3, 0.4) is 0 Å². The number of aryl methyl sites for hydroxylation is 1. The molecule has 126 valence electrons. The number of anilines is 1. The van der Waals surface area contributed by atoms with Crippen LogP contribution in [-0.2, 0) is 17.1 Å². The van der Waals surface area contributed by atoms with Crippen LogP contribution >= 0.6 is 0 Å². The fourth-order valence-corrected chi connectivity index (χ4v) is 4.21. The third-order valence-electron chi connectivity index (χ3n) is 4.14. The Morgan fingerprint density at radius 1 is 1.17 bits per heavy atom. The van der Waals surface area contributed by atoms with Gasteiger partial charge >= 0.3 is 0 Å². The number of hydrogen-bond acceptors (Lipinski definition) is 7. The Kier molecular flexibility index (Phi) is 3.50. The first-order valence-electron chi connectivity index (χ1n) is 7.49. The van der Waals surface area contributed by atoms with Gasteiger partial charge in [-0.05, 0) is 12.1 Å². The number of aromatic nitrogens is 4. The topological polar surface area (TPSA) is 97.4 Å². The predicted molar refractivity (Wildman–Crippen MR) is 86.0 cm³/mol. The summed E-state index contributed by atoms with van der Waals surface area (Å²) in [5.74, 6) is 0.781. The summed E-state index contributed by atoms with van der Waals surface area (Å²) in [5.41, 5.74) is 0.755. The minimum atomic E-state index is -3.57. The van der Waals surface area contributed by atoms with Crippen LogP contribution in [0, 0.1) is 0 Å². The highest BCUT2D eigenvalue weighted by atomic mass is 32.2. The molecule has 1 saturated heterocycles. The van der Waals surface area contributed by atoms with Crippen LogP contribution in [-0.4, -0.2) is 58.7 Å². The van der Waals surface area contributed by atoms with Gasteiger partial charge in [0.1, 0.15) is 12.1 Å². The van der Waals surface area contributed by atoms with Crippen LogP contribution in [0.4, 0.5) is 5.82 Å². The van der Waals surface area contributed by atoms with E-state index in [-0.39, 0.29) is 5.09 Å². The Labute approximate surface area is 138 Å². The van der Waals surface area contributed by atoms with E-state index in [2.05, 4.69) is 20.0 Å². The lowest BCUT2D eigenvalue weighted by atomic mass is 10.3. The van der Waals surface area contributed by atoms with Crippen LogP contribution in [0.15, 0.2) is 40.4 Å². The monoisotopic (exact) mass is 348 g/mol. The lowest BCUT2D eigenvalue weighted by molar-refractivity contribution is 0.361. The van der Waals surface area contributed by atoms with Crippen LogP contribution in [0.5, 0.6) is 0 Å². The van der Waals surface area contributed by atoms with Gasteiger partial charge in [-0.2, -0.15) is 9.40 Å².